The molecule has 2 heteroatoms. The zero-order valence-electron chi connectivity index (χ0n) is 7.68. The summed E-state index contributed by atoms with van der Waals surface area (Å²) >= 11 is 0. The molecule has 0 amide bonds. The van der Waals surface area contributed by atoms with Gasteiger partial charge in [0.2, 0.25) is 0 Å². The van der Waals surface area contributed by atoms with E-state index in [-0.39, 0.29) is 12.7 Å². The van der Waals surface area contributed by atoms with Crippen LogP contribution in [-0.2, 0) is 4.74 Å². The monoisotopic (exact) mass is 160 g/mol. The summed E-state index contributed by atoms with van der Waals surface area (Å²) in [4.78, 5) is 0. The van der Waals surface area contributed by atoms with Crippen molar-refractivity contribution in [2.24, 2.45) is 0 Å². The van der Waals surface area contributed by atoms with Gasteiger partial charge in [-0.05, 0) is 6.42 Å². The van der Waals surface area contributed by atoms with E-state index >= 15 is 0 Å². The Morgan fingerprint density at radius 3 is 2.45 bits per heavy atom. The third kappa shape index (κ3) is 6.32. The number of ether oxygens (including phenoxy) is 1. The van der Waals surface area contributed by atoms with Crippen LogP contribution in [0.15, 0.2) is 0 Å². The standard InChI is InChI=1S/C9H20O2/c1-3-4-5-6-7-9(8-10)11-2/h9-10H,3-8H2,1-2H3/t9-/m0/s1. The van der Waals surface area contributed by atoms with Gasteiger partial charge in [-0.25, -0.2) is 0 Å². The molecule has 0 saturated carbocycles. The van der Waals surface area contributed by atoms with Crippen LogP contribution in [0.2, 0.25) is 0 Å². The van der Waals surface area contributed by atoms with Crippen molar-refractivity contribution in [3.8, 4) is 0 Å². The van der Waals surface area contributed by atoms with Gasteiger partial charge in [0.25, 0.3) is 0 Å². The smallest absolute Gasteiger partial charge is 0.0802 e. The zero-order chi connectivity index (χ0) is 8.53. The fourth-order valence-electron chi connectivity index (χ4n) is 1.08. The quantitative estimate of drug-likeness (QED) is 0.577. The molecule has 1 atom stereocenters. The van der Waals surface area contributed by atoms with Crippen LogP contribution in [0.25, 0.3) is 0 Å². The van der Waals surface area contributed by atoms with E-state index in [9.17, 15) is 0 Å². The highest BCUT2D eigenvalue weighted by Crippen LogP contribution is 2.06. The predicted molar refractivity (Wildman–Crippen MR) is 46.6 cm³/mol. The minimum Gasteiger partial charge on any atom is -0.394 e. The van der Waals surface area contributed by atoms with E-state index in [2.05, 4.69) is 6.92 Å². The largest absolute Gasteiger partial charge is 0.394 e. The van der Waals surface area contributed by atoms with Crippen molar-refractivity contribution in [2.45, 2.75) is 45.1 Å². The molecule has 0 aliphatic heterocycles. The molecule has 0 fully saturated rings. The van der Waals surface area contributed by atoms with Gasteiger partial charge in [0.1, 0.15) is 0 Å². The Morgan fingerprint density at radius 2 is 2.00 bits per heavy atom. The van der Waals surface area contributed by atoms with Gasteiger partial charge in [-0.3, -0.25) is 0 Å². The highest BCUT2D eigenvalue weighted by atomic mass is 16.5. The lowest BCUT2D eigenvalue weighted by atomic mass is 10.1. The number of hydrogen-bond donors (Lipinski definition) is 1. The van der Waals surface area contributed by atoms with Crippen molar-refractivity contribution < 1.29 is 9.84 Å². The summed E-state index contributed by atoms with van der Waals surface area (Å²) < 4.78 is 5.03. The third-order valence-electron chi connectivity index (χ3n) is 1.92. The van der Waals surface area contributed by atoms with E-state index in [4.69, 9.17) is 9.84 Å². The molecule has 0 heterocycles. The molecular weight excluding hydrogens is 140 g/mol. The van der Waals surface area contributed by atoms with Gasteiger partial charge < -0.3 is 9.84 Å². The number of unbranched alkanes of at least 4 members (excludes halogenated alkanes) is 3. The van der Waals surface area contributed by atoms with Crippen LogP contribution in [0.1, 0.15) is 39.0 Å². The van der Waals surface area contributed by atoms with E-state index in [1.54, 1.807) is 7.11 Å². The third-order valence-corrected chi connectivity index (χ3v) is 1.92. The van der Waals surface area contributed by atoms with Crippen molar-refractivity contribution in [3.63, 3.8) is 0 Å². The number of aliphatic hydroxyl groups excluding tert-OH is 1. The second kappa shape index (κ2) is 8.02. The number of methoxy groups -OCH3 is 1. The Labute approximate surface area is 69.6 Å². The lowest BCUT2D eigenvalue weighted by Crippen LogP contribution is -2.14. The molecule has 0 aliphatic carbocycles. The van der Waals surface area contributed by atoms with Gasteiger partial charge in [-0.2, -0.15) is 0 Å². The average Bonchev–Trinajstić information content (AvgIpc) is 2.05. The normalized spacial score (nSPS) is 13.4. The van der Waals surface area contributed by atoms with Gasteiger partial charge in [0.15, 0.2) is 0 Å². The Kier molecular flexibility index (Phi) is 7.96. The van der Waals surface area contributed by atoms with Gasteiger partial charge in [0.05, 0.1) is 12.7 Å². The molecular formula is C9H20O2. The first-order valence-corrected chi connectivity index (χ1v) is 4.48. The van der Waals surface area contributed by atoms with E-state index in [0.29, 0.717) is 0 Å². The first kappa shape index (κ1) is 10.9. The minimum absolute atomic E-state index is 0.0619. The molecule has 0 rings (SSSR count). The van der Waals surface area contributed by atoms with Gasteiger partial charge in [0, 0.05) is 7.11 Å². The number of rotatable bonds is 7. The summed E-state index contributed by atoms with van der Waals surface area (Å²) in [5.41, 5.74) is 0. The van der Waals surface area contributed by atoms with Crippen molar-refractivity contribution in [1.82, 2.24) is 0 Å². The van der Waals surface area contributed by atoms with Crippen LogP contribution in [-0.4, -0.2) is 24.9 Å². The predicted octanol–water partition coefficient (Wildman–Crippen LogP) is 1.96. The van der Waals surface area contributed by atoms with Crippen LogP contribution >= 0.6 is 0 Å². The fourth-order valence-corrected chi connectivity index (χ4v) is 1.08. The molecule has 11 heavy (non-hydrogen) atoms. The summed E-state index contributed by atoms with van der Waals surface area (Å²) in [7, 11) is 1.65. The lowest BCUT2D eigenvalue weighted by Gasteiger charge is -2.10. The summed E-state index contributed by atoms with van der Waals surface area (Å²) in [6.07, 6.45) is 6.04. The number of hydrogen-bond acceptors (Lipinski definition) is 2. The Morgan fingerprint density at radius 1 is 1.27 bits per heavy atom. The maximum Gasteiger partial charge on any atom is 0.0802 e. The summed E-state index contributed by atoms with van der Waals surface area (Å²) in [5, 5.41) is 8.76. The van der Waals surface area contributed by atoms with Gasteiger partial charge >= 0.3 is 0 Å². The summed E-state index contributed by atoms with van der Waals surface area (Å²) in [6, 6.07) is 0. The molecule has 0 unspecified atom stereocenters. The molecule has 0 aromatic carbocycles. The lowest BCUT2D eigenvalue weighted by molar-refractivity contribution is 0.0415. The average molecular weight is 160 g/mol. The molecule has 0 bridgehead atoms. The molecule has 2 nitrogen and oxygen atoms in total. The first-order chi connectivity index (χ1) is 5.35. The van der Waals surface area contributed by atoms with Crippen LogP contribution < -0.4 is 0 Å². The zero-order valence-corrected chi connectivity index (χ0v) is 7.68. The van der Waals surface area contributed by atoms with Crippen molar-refractivity contribution in [3.05, 3.63) is 0 Å². The maximum absolute atomic E-state index is 8.76. The summed E-state index contributed by atoms with van der Waals surface area (Å²) in [5.74, 6) is 0. The van der Waals surface area contributed by atoms with Crippen molar-refractivity contribution >= 4 is 0 Å². The van der Waals surface area contributed by atoms with Crippen molar-refractivity contribution in [1.29, 1.82) is 0 Å². The molecule has 68 valence electrons. The SMILES string of the molecule is CCCCCC[C@@H](CO)OC. The fraction of sp³-hybridized carbons (Fsp3) is 1.00. The highest BCUT2D eigenvalue weighted by Gasteiger charge is 2.03. The Bertz CT molecular complexity index is 70.0. The Hall–Kier alpha value is -0.0800. The van der Waals surface area contributed by atoms with E-state index in [0.717, 1.165) is 6.42 Å². The minimum atomic E-state index is 0.0619. The molecule has 1 N–H and O–H groups in total. The summed E-state index contributed by atoms with van der Waals surface area (Å²) in [6.45, 7) is 2.35. The molecule has 0 aromatic heterocycles. The van der Waals surface area contributed by atoms with E-state index in [1.165, 1.54) is 25.7 Å². The van der Waals surface area contributed by atoms with Crippen molar-refractivity contribution in [2.75, 3.05) is 13.7 Å². The second-order valence-electron chi connectivity index (χ2n) is 2.89. The van der Waals surface area contributed by atoms with Crippen LogP contribution in [0.4, 0.5) is 0 Å². The van der Waals surface area contributed by atoms with Gasteiger partial charge in [-0.1, -0.05) is 32.6 Å². The molecule has 0 aromatic rings. The van der Waals surface area contributed by atoms with E-state index < -0.39 is 0 Å². The second-order valence-corrected chi connectivity index (χ2v) is 2.89. The van der Waals surface area contributed by atoms with Gasteiger partial charge in [-0.15, -0.1) is 0 Å². The van der Waals surface area contributed by atoms with Crippen LogP contribution in [0, 0.1) is 0 Å². The molecule has 0 saturated heterocycles. The highest BCUT2D eigenvalue weighted by molar-refractivity contribution is 4.54. The first-order valence-electron chi connectivity index (χ1n) is 4.48. The molecule has 0 spiro atoms. The van der Waals surface area contributed by atoms with Crippen LogP contribution in [0.5, 0.6) is 0 Å². The topological polar surface area (TPSA) is 29.5 Å². The van der Waals surface area contributed by atoms with Crippen LogP contribution in [0.3, 0.4) is 0 Å². The molecule has 0 aliphatic rings. The maximum atomic E-state index is 8.76. The molecule has 0 radical (unpaired) electrons. The number of aliphatic hydroxyl groups is 1. The Balaban J connectivity index is 3.07. The van der Waals surface area contributed by atoms with E-state index in [1.807, 2.05) is 0 Å².